The number of benzene rings is 10. The standard InChI is InChI=1S/C59H34N4O2/c1-2-14-35(15-3-1)36-20-12-21-41(30-36)57-60-58(44-24-13-27-52-54(44)42-22-8-10-25-50(42)64-52)62-59(61-57)56-47(28-29-53-55(56)43-23-9-11-26-51(43)65-53)63-48-33-39-18-6-4-16-37(39)31-45(48)46-32-38-17-5-7-19-40(38)34-49(46)63/h1-34H. The first kappa shape index (κ1) is 35.7. The average Bonchev–Trinajstić information content (AvgIpc) is 4.04. The van der Waals surface area contributed by atoms with Crippen molar-refractivity contribution in [3.8, 4) is 51.0 Å². The molecule has 14 aromatic rings. The van der Waals surface area contributed by atoms with Gasteiger partial charge in [-0.15, -0.1) is 0 Å². The van der Waals surface area contributed by atoms with Gasteiger partial charge in [0.1, 0.15) is 22.3 Å². The van der Waals surface area contributed by atoms with Crippen LogP contribution in [0.5, 0.6) is 0 Å². The lowest BCUT2D eigenvalue weighted by molar-refractivity contribution is 0.668. The minimum atomic E-state index is 0.531. The Labute approximate surface area is 371 Å². The summed E-state index contributed by atoms with van der Waals surface area (Å²) < 4.78 is 15.5. The normalized spacial score (nSPS) is 12.0. The summed E-state index contributed by atoms with van der Waals surface area (Å²) in [6.07, 6.45) is 0. The van der Waals surface area contributed by atoms with Crippen molar-refractivity contribution in [3.05, 3.63) is 206 Å². The minimum absolute atomic E-state index is 0.531. The van der Waals surface area contributed by atoms with Crippen molar-refractivity contribution in [2.24, 2.45) is 0 Å². The Morgan fingerprint density at radius 3 is 1.52 bits per heavy atom. The van der Waals surface area contributed by atoms with Gasteiger partial charge in [-0.1, -0.05) is 146 Å². The molecule has 0 bridgehead atoms. The van der Waals surface area contributed by atoms with Gasteiger partial charge in [0.2, 0.25) is 0 Å². The maximum atomic E-state index is 6.67. The molecule has 0 unspecified atom stereocenters. The first-order valence-electron chi connectivity index (χ1n) is 21.8. The highest BCUT2D eigenvalue weighted by Crippen LogP contribution is 2.45. The molecule has 0 N–H and O–H groups in total. The van der Waals surface area contributed by atoms with Crippen molar-refractivity contribution in [2.75, 3.05) is 0 Å². The second-order valence-corrected chi connectivity index (χ2v) is 16.7. The van der Waals surface area contributed by atoms with Crippen LogP contribution in [-0.4, -0.2) is 19.5 Å². The highest BCUT2D eigenvalue weighted by Gasteiger charge is 2.26. The molecule has 0 aliphatic carbocycles. The second kappa shape index (κ2) is 13.8. The van der Waals surface area contributed by atoms with Gasteiger partial charge in [-0.2, -0.15) is 0 Å². The molecule has 302 valence electrons. The zero-order valence-electron chi connectivity index (χ0n) is 34.7. The summed E-state index contributed by atoms with van der Waals surface area (Å²) in [5.41, 5.74) is 11.0. The molecule has 0 spiro atoms. The van der Waals surface area contributed by atoms with E-state index in [0.717, 1.165) is 99.2 Å². The molecule has 14 rings (SSSR count). The van der Waals surface area contributed by atoms with Crippen LogP contribution >= 0.6 is 0 Å². The van der Waals surface area contributed by atoms with Gasteiger partial charge in [-0.3, -0.25) is 0 Å². The molecule has 6 nitrogen and oxygen atoms in total. The first-order chi connectivity index (χ1) is 32.2. The number of furan rings is 2. The van der Waals surface area contributed by atoms with Gasteiger partial charge in [0.05, 0.1) is 22.3 Å². The molecule has 4 aromatic heterocycles. The lowest BCUT2D eigenvalue weighted by atomic mass is 10.0. The van der Waals surface area contributed by atoms with Crippen LogP contribution in [0.2, 0.25) is 0 Å². The molecule has 0 radical (unpaired) electrons. The summed E-state index contributed by atoms with van der Waals surface area (Å²) in [6, 6.07) is 72.2. The van der Waals surface area contributed by atoms with Gasteiger partial charge < -0.3 is 13.4 Å². The highest BCUT2D eigenvalue weighted by molar-refractivity contribution is 6.19. The van der Waals surface area contributed by atoms with Gasteiger partial charge >= 0.3 is 0 Å². The lowest BCUT2D eigenvalue weighted by Gasteiger charge is -2.16. The van der Waals surface area contributed by atoms with E-state index in [1.807, 2.05) is 48.5 Å². The van der Waals surface area contributed by atoms with Gasteiger partial charge in [-0.05, 0) is 93.3 Å². The third-order valence-electron chi connectivity index (χ3n) is 13.0. The predicted molar refractivity (Wildman–Crippen MR) is 265 cm³/mol. The number of aromatic nitrogens is 4. The number of para-hydroxylation sites is 2. The summed E-state index contributed by atoms with van der Waals surface area (Å²) in [6.45, 7) is 0. The van der Waals surface area contributed by atoms with Crippen molar-refractivity contribution in [1.29, 1.82) is 0 Å². The van der Waals surface area contributed by atoms with Crippen LogP contribution in [0.4, 0.5) is 0 Å². The van der Waals surface area contributed by atoms with E-state index in [0.29, 0.717) is 17.5 Å². The van der Waals surface area contributed by atoms with Crippen LogP contribution in [0.25, 0.3) is 138 Å². The highest BCUT2D eigenvalue weighted by atomic mass is 16.3. The Morgan fingerprint density at radius 2 is 0.831 bits per heavy atom. The Hall–Kier alpha value is -8.87. The summed E-state index contributed by atoms with van der Waals surface area (Å²) in [5, 5.41) is 10.9. The largest absolute Gasteiger partial charge is 0.456 e. The van der Waals surface area contributed by atoms with Crippen molar-refractivity contribution in [3.63, 3.8) is 0 Å². The lowest BCUT2D eigenvalue weighted by Crippen LogP contribution is -2.04. The van der Waals surface area contributed by atoms with E-state index in [1.54, 1.807) is 0 Å². The number of hydrogen-bond acceptors (Lipinski definition) is 5. The fourth-order valence-electron chi connectivity index (χ4n) is 10.0. The third-order valence-corrected chi connectivity index (χ3v) is 13.0. The molecule has 0 aliphatic rings. The topological polar surface area (TPSA) is 69.9 Å². The quantitative estimate of drug-likeness (QED) is 0.173. The minimum Gasteiger partial charge on any atom is -0.456 e. The van der Waals surface area contributed by atoms with Gasteiger partial charge in [-0.25, -0.2) is 15.0 Å². The molecule has 0 atom stereocenters. The fourth-order valence-corrected chi connectivity index (χ4v) is 10.0. The molecule has 0 fully saturated rings. The van der Waals surface area contributed by atoms with Crippen LogP contribution in [0, 0.1) is 0 Å². The molecule has 65 heavy (non-hydrogen) atoms. The van der Waals surface area contributed by atoms with Crippen LogP contribution in [0.3, 0.4) is 0 Å². The number of hydrogen-bond donors (Lipinski definition) is 0. The predicted octanol–water partition coefficient (Wildman–Crippen LogP) is 15.7. The van der Waals surface area contributed by atoms with Crippen LogP contribution in [-0.2, 0) is 0 Å². The van der Waals surface area contributed by atoms with Crippen LogP contribution < -0.4 is 0 Å². The fraction of sp³-hybridized carbons (Fsp3) is 0. The monoisotopic (exact) mass is 830 g/mol. The number of fused-ring (bicyclic) bond motifs is 11. The average molecular weight is 831 g/mol. The zero-order valence-corrected chi connectivity index (χ0v) is 34.7. The van der Waals surface area contributed by atoms with Crippen molar-refractivity contribution in [2.45, 2.75) is 0 Å². The van der Waals surface area contributed by atoms with E-state index in [2.05, 4.69) is 162 Å². The number of nitrogens with zero attached hydrogens (tertiary/aromatic N) is 4. The Kier molecular flexibility index (Phi) is 7.59. The summed E-state index contributed by atoms with van der Waals surface area (Å²) in [5.74, 6) is 1.63. The Morgan fingerprint density at radius 1 is 0.323 bits per heavy atom. The van der Waals surface area contributed by atoms with Crippen LogP contribution in [0.15, 0.2) is 215 Å². The van der Waals surface area contributed by atoms with Crippen molar-refractivity contribution < 1.29 is 8.83 Å². The van der Waals surface area contributed by atoms with E-state index in [-0.39, 0.29) is 0 Å². The molecule has 10 aromatic carbocycles. The zero-order chi connectivity index (χ0) is 42.6. The van der Waals surface area contributed by atoms with E-state index in [4.69, 9.17) is 23.8 Å². The third kappa shape index (κ3) is 5.51. The number of rotatable bonds is 5. The Bertz CT molecular complexity index is 4160. The first-order valence-corrected chi connectivity index (χ1v) is 21.8. The molecular weight excluding hydrogens is 797 g/mol. The summed E-state index contributed by atoms with van der Waals surface area (Å²) in [4.78, 5) is 16.5. The van der Waals surface area contributed by atoms with Gasteiger partial charge in [0.15, 0.2) is 17.5 Å². The molecule has 0 saturated heterocycles. The maximum Gasteiger partial charge on any atom is 0.166 e. The van der Waals surface area contributed by atoms with E-state index in [1.165, 1.54) is 21.5 Å². The summed E-state index contributed by atoms with van der Waals surface area (Å²) in [7, 11) is 0. The van der Waals surface area contributed by atoms with Crippen LogP contribution in [0.1, 0.15) is 0 Å². The molecule has 6 heteroatoms. The molecule has 4 heterocycles. The van der Waals surface area contributed by atoms with Gasteiger partial charge in [0.25, 0.3) is 0 Å². The van der Waals surface area contributed by atoms with E-state index < -0.39 is 0 Å². The second-order valence-electron chi connectivity index (χ2n) is 16.7. The van der Waals surface area contributed by atoms with E-state index >= 15 is 0 Å². The van der Waals surface area contributed by atoms with E-state index in [9.17, 15) is 0 Å². The van der Waals surface area contributed by atoms with Crippen molar-refractivity contribution in [1.82, 2.24) is 19.5 Å². The Balaban J connectivity index is 1.14. The smallest absolute Gasteiger partial charge is 0.166 e. The van der Waals surface area contributed by atoms with Gasteiger partial charge in [0, 0.05) is 43.4 Å². The summed E-state index contributed by atoms with van der Waals surface area (Å²) >= 11 is 0. The molecule has 0 aliphatic heterocycles. The molecular formula is C59H34N4O2. The van der Waals surface area contributed by atoms with Crippen molar-refractivity contribution >= 4 is 87.2 Å². The molecule has 0 amide bonds. The molecule has 0 saturated carbocycles. The SMILES string of the molecule is c1ccc(-c2cccc(-c3nc(-c4cccc5oc6ccccc6c45)nc(-c4c(-n5c6cc7ccccc7cc6c6cc7ccccc7cc65)ccc5oc6ccccc6c45)n3)c2)cc1. The maximum absolute atomic E-state index is 6.67.